The maximum Gasteiger partial charge on any atom is 0.338 e. The molecule has 0 aromatic heterocycles. The van der Waals surface area contributed by atoms with E-state index in [9.17, 15) is 19.2 Å². The van der Waals surface area contributed by atoms with Crippen molar-refractivity contribution in [2.45, 2.75) is 19.8 Å². The Morgan fingerprint density at radius 3 is 2.12 bits per heavy atom. The molecule has 0 unspecified atom stereocenters. The summed E-state index contributed by atoms with van der Waals surface area (Å²) in [6.07, 6.45) is 0.709. The van der Waals surface area contributed by atoms with Gasteiger partial charge in [0.2, 0.25) is 5.91 Å². The third-order valence-corrected chi connectivity index (χ3v) is 6.09. The molecular formula is C30H30N2O8. The highest BCUT2D eigenvalue weighted by Crippen LogP contribution is 2.29. The molecule has 10 nitrogen and oxygen atoms in total. The molecule has 40 heavy (non-hydrogen) atoms. The van der Waals surface area contributed by atoms with Crippen LogP contribution in [-0.2, 0) is 23.9 Å². The van der Waals surface area contributed by atoms with Crippen LogP contribution in [0.1, 0.15) is 30.1 Å². The van der Waals surface area contributed by atoms with Crippen molar-refractivity contribution in [1.29, 1.82) is 0 Å². The van der Waals surface area contributed by atoms with Crippen molar-refractivity contribution >= 4 is 35.1 Å². The number of carbonyl (C=O) groups is 4. The summed E-state index contributed by atoms with van der Waals surface area (Å²) in [6, 6.07) is 20.3. The quantitative estimate of drug-likeness (QED) is 0.347. The number of anilines is 2. The number of rotatable bonds is 11. The SMILES string of the molecule is CCCOC(=O)c1ccc(NC(=O)COC(=O)[C@@H]2CC(=O)N(c3ccc(Oc4ccc(OC)cc4)cc3)C2)cc1. The predicted molar refractivity (Wildman–Crippen MR) is 147 cm³/mol. The minimum Gasteiger partial charge on any atom is -0.497 e. The van der Waals surface area contributed by atoms with Crippen molar-refractivity contribution < 1.29 is 38.1 Å². The Labute approximate surface area is 231 Å². The molecule has 0 radical (unpaired) electrons. The number of benzene rings is 3. The highest BCUT2D eigenvalue weighted by atomic mass is 16.5. The number of hydrogen-bond acceptors (Lipinski definition) is 8. The summed E-state index contributed by atoms with van der Waals surface area (Å²) in [6.45, 7) is 1.88. The molecule has 3 aromatic rings. The summed E-state index contributed by atoms with van der Waals surface area (Å²) < 4.78 is 21.2. The van der Waals surface area contributed by atoms with Crippen molar-refractivity contribution in [1.82, 2.24) is 0 Å². The molecule has 0 aliphatic carbocycles. The lowest BCUT2D eigenvalue weighted by Crippen LogP contribution is -2.28. The van der Waals surface area contributed by atoms with E-state index in [1.54, 1.807) is 67.8 Å². The Bertz CT molecular complexity index is 1340. The first-order chi connectivity index (χ1) is 19.4. The fourth-order valence-electron chi connectivity index (χ4n) is 4.01. The first-order valence-corrected chi connectivity index (χ1v) is 12.8. The molecule has 3 aromatic carbocycles. The van der Waals surface area contributed by atoms with Crippen molar-refractivity contribution in [3.05, 3.63) is 78.4 Å². The number of ether oxygens (including phenoxy) is 4. The number of hydrogen-bond donors (Lipinski definition) is 1. The van der Waals surface area contributed by atoms with E-state index >= 15 is 0 Å². The van der Waals surface area contributed by atoms with Crippen LogP contribution in [0.5, 0.6) is 17.2 Å². The monoisotopic (exact) mass is 546 g/mol. The van der Waals surface area contributed by atoms with Gasteiger partial charge in [-0.05, 0) is 79.2 Å². The lowest BCUT2D eigenvalue weighted by Gasteiger charge is -2.17. The fourth-order valence-corrected chi connectivity index (χ4v) is 4.01. The Morgan fingerprint density at radius 1 is 0.875 bits per heavy atom. The molecule has 0 spiro atoms. The van der Waals surface area contributed by atoms with Crippen LogP contribution in [0.25, 0.3) is 0 Å². The van der Waals surface area contributed by atoms with Gasteiger partial charge in [-0.1, -0.05) is 6.92 Å². The Hall–Kier alpha value is -4.86. The molecule has 1 saturated heterocycles. The zero-order valence-corrected chi connectivity index (χ0v) is 22.3. The van der Waals surface area contributed by atoms with Crippen LogP contribution in [0.4, 0.5) is 11.4 Å². The Kier molecular flexibility index (Phi) is 9.35. The van der Waals surface area contributed by atoms with Crippen LogP contribution >= 0.6 is 0 Å². The zero-order valence-electron chi connectivity index (χ0n) is 22.3. The standard InChI is InChI=1S/C30H30N2O8/c1-3-16-38-29(35)20-4-6-22(7-5-20)31-27(33)19-39-30(36)21-17-28(34)32(18-21)23-8-10-25(11-9-23)40-26-14-12-24(37-2)13-15-26/h4-15,21H,3,16-19H2,1-2H3,(H,31,33)/t21-/m1/s1. The minimum absolute atomic E-state index is 0.0137. The first kappa shape index (κ1) is 28.2. The third kappa shape index (κ3) is 7.37. The second kappa shape index (κ2) is 13.3. The van der Waals surface area contributed by atoms with Gasteiger partial charge in [0.25, 0.3) is 5.91 Å². The van der Waals surface area contributed by atoms with E-state index in [-0.39, 0.29) is 18.9 Å². The largest absolute Gasteiger partial charge is 0.497 e. The topological polar surface area (TPSA) is 120 Å². The Balaban J connectivity index is 1.24. The van der Waals surface area contributed by atoms with Gasteiger partial charge in [-0.15, -0.1) is 0 Å². The van der Waals surface area contributed by atoms with E-state index in [0.717, 1.165) is 12.2 Å². The number of nitrogens with one attached hydrogen (secondary N) is 1. The smallest absolute Gasteiger partial charge is 0.338 e. The van der Waals surface area contributed by atoms with Crippen LogP contribution < -0.4 is 19.7 Å². The molecule has 4 rings (SSSR count). The summed E-state index contributed by atoms with van der Waals surface area (Å²) in [7, 11) is 1.59. The van der Waals surface area contributed by atoms with E-state index in [4.69, 9.17) is 18.9 Å². The lowest BCUT2D eigenvalue weighted by atomic mass is 10.1. The van der Waals surface area contributed by atoms with E-state index in [0.29, 0.717) is 35.0 Å². The summed E-state index contributed by atoms with van der Waals surface area (Å²) >= 11 is 0. The molecule has 0 bridgehead atoms. The zero-order chi connectivity index (χ0) is 28.5. The molecule has 1 fully saturated rings. The Morgan fingerprint density at radius 2 is 1.50 bits per heavy atom. The second-order valence-electron chi connectivity index (χ2n) is 9.05. The van der Waals surface area contributed by atoms with Crippen molar-refractivity contribution in [3.8, 4) is 17.2 Å². The van der Waals surface area contributed by atoms with Gasteiger partial charge in [0.1, 0.15) is 17.2 Å². The normalized spacial score (nSPS) is 14.4. The van der Waals surface area contributed by atoms with E-state index in [1.807, 2.05) is 6.92 Å². The second-order valence-corrected chi connectivity index (χ2v) is 9.05. The molecule has 10 heteroatoms. The van der Waals surface area contributed by atoms with Gasteiger partial charge >= 0.3 is 11.9 Å². The fraction of sp³-hybridized carbons (Fsp3) is 0.267. The average molecular weight is 547 g/mol. The number of carbonyl (C=O) groups excluding carboxylic acids is 4. The summed E-state index contributed by atoms with van der Waals surface area (Å²) in [5.41, 5.74) is 1.43. The number of methoxy groups -OCH3 is 1. The van der Waals surface area contributed by atoms with Crippen LogP contribution in [0.2, 0.25) is 0 Å². The van der Waals surface area contributed by atoms with Crippen molar-refractivity contribution in [3.63, 3.8) is 0 Å². The highest BCUT2D eigenvalue weighted by molar-refractivity contribution is 6.00. The van der Waals surface area contributed by atoms with Gasteiger partial charge in [-0.3, -0.25) is 14.4 Å². The van der Waals surface area contributed by atoms with Crippen LogP contribution in [0.15, 0.2) is 72.8 Å². The maximum absolute atomic E-state index is 12.6. The van der Waals surface area contributed by atoms with Gasteiger partial charge in [0, 0.05) is 24.3 Å². The molecule has 1 aliphatic heterocycles. The van der Waals surface area contributed by atoms with Gasteiger partial charge in [-0.2, -0.15) is 0 Å². The highest BCUT2D eigenvalue weighted by Gasteiger charge is 2.36. The molecular weight excluding hydrogens is 516 g/mol. The summed E-state index contributed by atoms with van der Waals surface area (Å²) in [4.78, 5) is 50.8. The number of esters is 2. The van der Waals surface area contributed by atoms with Crippen LogP contribution in [0.3, 0.4) is 0 Å². The minimum atomic E-state index is -0.691. The molecule has 2 amide bonds. The molecule has 0 saturated carbocycles. The number of amides is 2. The van der Waals surface area contributed by atoms with E-state index < -0.39 is 30.4 Å². The molecule has 1 N–H and O–H groups in total. The summed E-state index contributed by atoms with van der Waals surface area (Å²) in [5, 5.41) is 2.61. The number of nitrogens with zero attached hydrogens (tertiary/aromatic N) is 1. The van der Waals surface area contributed by atoms with Gasteiger partial charge < -0.3 is 29.2 Å². The average Bonchev–Trinajstić information content (AvgIpc) is 3.37. The van der Waals surface area contributed by atoms with Crippen LogP contribution in [-0.4, -0.2) is 50.6 Å². The summed E-state index contributed by atoms with van der Waals surface area (Å²) in [5.74, 6) is -0.553. The molecule has 1 aliphatic rings. The van der Waals surface area contributed by atoms with Gasteiger partial charge in [0.15, 0.2) is 6.61 Å². The molecule has 1 heterocycles. The maximum atomic E-state index is 12.6. The van der Waals surface area contributed by atoms with Crippen molar-refractivity contribution in [2.24, 2.45) is 5.92 Å². The van der Waals surface area contributed by atoms with Crippen molar-refractivity contribution in [2.75, 3.05) is 37.1 Å². The molecule has 1 atom stereocenters. The third-order valence-electron chi connectivity index (χ3n) is 6.09. The lowest BCUT2D eigenvalue weighted by molar-refractivity contribution is -0.151. The first-order valence-electron chi connectivity index (χ1n) is 12.8. The van der Waals surface area contributed by atoms with Crippen LogP contribution in [0, 0.1) is 5.92 Å². The molecule has 208 valence electrons. The van der Waals surface area contributed by atoms with E-state index in [1.165, 1.54) is 17.0 Å². The van der Waals surface area contributed by atoms with Gasteiger partial charge in [-0.25, -0.2) is 4.79 Å². The predicted octanol–water partition coefficient (Wildman–Crippen LogP) is 4.59. The van der Waals surface area contributed by atoms with Gasteiger partial charge in [0.05, 0.1) is 25.2 Å². The van der Waals surface area contributed by atoms with E-state index in [2.05, 4.69) is 5.32 Å².